The number of anilines is 2. The molecule has 1 atom stereocenters. The van der Waals surface area contributed by atoms with Crippen molar-refractivity contribution < 1.29 is 9.53 Å². The van der Waals surface area contributed by atoms with E-state index in [9.17, 15) is 4.79 Å². The highest BCUT2D eigenvalue weighted by molar-refractivity contribution is 5.88. The van der Waals surface area contributed by atoms with E-state index in [1.807, 2.05) is 86.3 Å². The zero-order valence-electron chi connectivity index (χ0n) is 19.1. The van der Waals surface area contributed by atoms with Crippen molar-refractivity contribution in [1.29, 1.82) is 0 Å². The number of rotatable bonds is 6. The van der Waals surface area contributed by atoms with Crippen molar-refractivity contribution in [3.05, 3.63) is 77.6 Å². The van der Waals surface area contributed by atoms with Crippen LogP contribution in [0.25, 0.3) is 0 Å². The molecule has 1 aromatic carbocycles. The molecule has 0 saturated carbocycles. The summed E-state index contributed by atoms with van der Waals surface area (Å²) < 4.78 is 5.26. The summed E-state index contributed by atoms with van der Waals surface area (Å²) in [5.41, 5.74) is 2.18. The number of methoxy groups -OCH3 is 1. The van der Waals surface area contributed by atoms with Crippen LogP contribution in [-0.4, -0.2) is 34.4 Å². The summed E-state index contributed by atoms with van der Waals surface area (Å²) in [6, 6.07) is 19.5. The number of nitrogens with zero attached hydrogens (tertiary/aromatic N) is 3. The Balaban J connectivity index is 1.55. The van der Waals surface area contributed by atoms with Gasteiger partial charge in [-0.05, 0) is 75.6 Å². The van der Waals surface area contributed by atoms with Crippen molar-refractivity contribution >= 4 is 17.5 Å². The predicted octanol–water partition coefficient (Wildman–Crippen LogP) is 5.18. The third kappa shape index (κ3) is 4.44. The molecule has 6 nitrogen and oxygen atoms in total. The highest BCUT2D eigenvalue weighted by atomic mass is 16.5. The quantitative estimate of drug-likeness (QED) is 0.584. The summed E-state index contributed by atoms with van der Waals surface area (Å²) in [6.07, 6.45) is 1.87. The second kappa shape index (κ2) is 8.99. The lowest BCUT2D eigenvalue weighted by atomic mass is 9.83. The number of benzene rings is 1. The first-order valence-corrected chi connectivity index (χ1v) is 11.0. The number of nitrogens with one attached hydrogen (secondary N) is 1. The maximum Gasteiger partial charge on any atom is 0.233 e. The van der Waals surface area contributed by atoms with Crippen molar-refractivity contribution in [2.24, 2.45) is 0 Å². The van der Waals surface area contributed by atoms with Crippen LogP contribution in [0.3, 0.4) is 0 Å². The van der Waals surface area contributed by atoms with Crippen molar-refractivity contribution in [1.82, 2.24) is 14.9 Å². The molecule has 3 heterocycles. The van der Waals surface area contributed by atoms with Crippen LogP contribution in [0.5, 0.6) is 5.75 Å². The molecule has 0 aliphatic carbocycles. The second-order valence-electron chi connectivity index (χ2n) is 8.75. The molecule has 1 amide bonds. The van der Waals surface area contributed by atoms with E-state index in [2.05, 4.69) is 10.3 Å². The number of likely N-dealkylation sites (tertiary alicyclic amines) is 1. The van der Waals surface area contributed by atoms with Gasteiger partial charge in [-0.3, -0.25) is 4.79 Å². The molecule has 6 heteroatoms. The molecule has 2 aromatic heterocycles. The fraction of sp³-hybridized carbons (Fsp3) is 0.346. The molecule has 1 aliphatic heterocycles. The highest BCUT2D eigenvalue weighted by Gasteiger charge is 2.39. The minimum absolute atomic E-state index is 0.0350. The summed E-state index contributed by atoms with van der Waals surface area (Å²) in [7, 11) is 1.64. The van der Waals surface area contributed by atoms with Crippen molar-refractivity contribution in [2.75, 3.05) is 19.0 Å². The third-order valence-corrected chi connectivity index (χ3v) is 6.12. The molecule has 1 aliphatic rings. The van der Waals surface area contributed by atoms with Gasteiger partial charge in [0.05, 0.1) is 24.3 Å². The van der Waals surface area contributed by atoms with E-state index in [4.69, 9.17) is 9.72 Å². The number of pyridine rings is 2. The van der Waals surface area contributed by atoms with Gasteiger partial charge in [0.1, 0.15) is 17.4 Å². The smallest absolute Gasteiger partial charge is 0.233 e. The van der Waals surface area contributed by atoms with E-state index < -0.39 is 5.41 Å². The second-order valence-corrected chi connectivity index (χ2v) is 8.75. The molecule has 0 radical (unpaired) electrons. The lowest BCUT2D eigenvalue weighted by molar-refractivity contribution is -0.137. The normalized spacial score (nSPS) is 16.1. The number of amides is 1. The first-order valence-electron chi connectivity index (χ1n) is 11.0. The van der Waals surface area contributed by atoms with Crippen LogP contribution in [0.15, 0.2) is 60.7 Å². The highest BCUT2D eigenvalue weighted by Crippen LogP contribution is 2.37. The van der Waals surface area contributed by atoms with E-state index in [1.54, 1.807) is 7.11 Å². The minimum Gasteiger partial charge on any atom is -0.497 e. The number of ether oxygens (including phenoxy) is 1. The van der Waals surface area contributed by atoms with Gasteiger partial charge in [0, 0.05) is 12.2 Å². The van der Waals surface area contributed by atoms with Gasteiger partial charge in [-0.25, -0.2) is 9.97 Å². The molecular weight excluding hydrogens is 400 g/mol. The third-order valence-electron chi connectivity index (χ3n) is 6.12. The fourth-order valence-electron chi connectivity index (χ4n) is 4.26. The number of carbonyl (C=O) groups is 1. The van der Waals surface area contributed by atoms with Gasteiger partial charge in [0.2, 0.25) is 5.91 Å². The number of aromatic nitrogens is 2. The van der Waals surface area contributed by atoms with Gasteiger partial charge < -0.3 is 15.0 Å². The molecule has 0 bridgehead atoms. The summed E-state index contributed by atoms with van der Waals surface area (Å²) in [5.74, 6) is 2.39. The van der Waals surface area contributed by atoms with Crippen LogP contribution in [0, 0.1) is 6.92 Å². The van der Waals surface area contributed by atoms with Gasteiger partial charge in [-0.1, -0.05) is 24.3 Å². The molecule has 1 N–H and O–H groups in total. The SMILES string of the molecule is COc1ccc(C(C)(C)C(=O)N2CCC[C@@H]2c2cccc(Nc3cccc(C)n3)n2)cc1. The molecular formula is C26H30N4O2. The Kier molecular flexibility index (Phi) is 6.12. The van der Waals surface area contributed by atoms with E-state index in [-0.39, 0.29) is 11.9 Å². The lowest BCUT2D eigenvalue weighted by Gasteiger charge is -2.33. The number of aryl methyl sites for hydroxylation is 1. The Bertz CT molecular complexity index is 1090. The Morgan fingerprint density at radius 1 is 1.03 bits per heavy atom. The summed E-state index contributed by atoms with van der Waals surface area (Å²) in [4.78, 5) is 25.0. The fourth-order valence-corrected chi connectivity index (χ4v) is 4.26. The lowest BCUT2D eigenvalue weighted by Crippen LogP contribution is -2.43. The predicted molar refractivity (Wildman–Crippen MR) is 126 cm³/mol. The van der Waals surface area contributed by atoms with Crippen LogP contribution in [0.2, 0.25) is 0 Å². The first kappa shape index (κ1) is 21.8. The van der Waals surface area contributed by atoms with Crippen molar-refractivity contribution in [3.8, 4) is 5.75 Å². The van der Waals surface area contributed by atoms with Crippen molar-refractivity contribution in [2.45, 2.75) is 45.1 Å². The van der Waals surface area contributed by atoms with E-state index in [0.29, 0.717) is 0 Å². The molecule has 0 spiro atoms. The molecule has 32 heavy (non-hydrogen) atoms. The van der Waals surface area contributed by atoms with Crippen LogP contribution in [0.4, 0.5) is 11.6 Å². The van der Waals surface area contributed by atoms with Crippen LogP contribution in [-0.2, 0) is 10.2 Å². The van der Waals surface area contributed by atoms with Gasteiger partial charge in [-0.15, -0.1) is 0 Å². The van der Waals surface area contributed by atoms with Gasteiger partial charge >= 0.3 is 0 Å². The Hall–Kier alpha value is -3.41. The zero-order valence-corrected chi connectivity index (χ0v) is 19.1. The monoisotopic (exact) mass is 430 g/mol. The van der Waals surface area contributed by atoms with Gasteiger partial charge in [0.25, 0.3) is 0 Å². The molecule has 166 valence electrons. The number of carbonyl (C=O) groups excluding carboxylic acids is 1. The average Bonchev–Trinajstić information content (AvgIpc) is 3.28. The van der Waals surface area contributed by atoms with Crippen LogP contribution < -0.4 is 10.1 Å². The topological polar surface area (TPSA) is 67.3 Å². The first-order chi connectivity index (χ1) is 15.4. The van der Waals surface area contributed by atoms with Gasteiger partial charge in [-0.2, -0.15) is 0 Å². The van der Waals surface area contributed by atoms with Crippen molar-refractivity contribution in [3.63, 3.8) is 0 Å². The van der Waals surface area contributed by atoms with E-state index in [0.717, 1.165) is 53.7 Å². The molecule has 0 unspecified atom stereocenters. The largest absolute Gasteiger partial charge is 0.497 e. The number of hydrogen-bond donors (Lipinski definition) is 1. The zero-order chi connectivity index (χ0) is 22.7. The van der Waals surface area contributed by atoms with Gasteiger partial charge in [0.15, 0.2) is 0 Å². The summed E-state index contributed by atoms with van der Waals surface area (Å²) in [5, 5.41) is 3.28. The molecule has 1 saturated heterocycles. The maximum absolute atomic E-state index is 13.7. The maximum atomic E-state index is 13.7. The summed E-state index contributed by atoms with van der Waals surface area (Å²) in [6.45, 7) is 6.67. The molecule has 4 rings (SSSR count). The minimum atomic E-state index is -0.643. The Morgan fingerprint density at radius 2 is 1.72 bits per heavy atom. The van der Waals surface area contributed by atoms with Crippen LogP contribution >= 0.6 is 0 Å². The van der Waals surface area contributed by atoms with Crippen LogP contribution in [0.1, 0.15) is 49.7 Å². The number of hydrogen-bond acceptors (Lipinski definition) is 5. The Morgan fingerprint density at radius 3 is 2.41 bits per heavy atom. The van der Waals surface area contributed by atoms with E-state index >= 15 is 0 Å². The standard InChI is InChI=1S/C26H30N4O2/c1-18-8-5-11-23(27-18)29-24-12-6-9-21(28-24)22-10-7-17-30(22)25(31)26(2,3)19-13-15-20(32-4)16-14-19/h5-6,8-9,11-16,22H,7,10,17H2,1-4H3,(H,27,28,29)/t22-/m1/s1. The molecule has 1 fully saturated rings. The molecule has 3 aromatic rings. The van der Waals surface area contributed by atoms with E-state index in [1.165, 1.54) is 0 Å². The Labute approximate surface area is 189 Å². The summed E-state index contributed by atoms with van der Waals surface area (Å²) >= 11 is 0. The average molecular weight is 431 g/mol.